The molecule has 0 aliphatic rings. The van der Waals surface area contributed by atoms with E-state index >= 15 is 0 Å². The fourth-order valence-electron chi connectivity index (χ4n) is 11.3. The minimum absolute atomic E-state index is 0.103. The van der Waals surface area contributed by atoms with E-state index in [-0.39, 0.29) is 25.7 Å². The quantitative estimate of drug-likeness (QED) is 0.0222. The van der Waals surface area contributed by atoms with Gasteiger partial charge in [-0.1, -0.05) is 325 Å². The van der Waals surface area contributed by atoms with E-state index in [1.807, 2.05) is 0 Å². The van der Waals surface area contributed by atoms with Crippen molar-refractivity contribution in [1.29, 1.82) is 0 Å². The second-order valence-electron chi connectivity index (χ2n) is 28.2. The summed E-state index contributed by atoms with van der Waals surface area (Å²) in [5, 5.41) is 10.6. The number of phosphoric ester groups is 2. The molecule has 0 aromatic carbocycles. The predicted molar refractivity (Wildman–Crippen MR) is 381 cm³/mol. The van der Waals surface area contributed by atoms with Gasteiger partial charge in [-0.05, 0) is 49.4 Å². The van der Waals surface area contributed by atoms with Gasteiger partial charge in [0.1, 0.15) is 19.3 Å². The number of aliphatic hydroxyl groups excluding tert-OH is 1. The molecule has 0 rings (SSSR count). The van der Waals surface area contributed by atoms with Crippen LogP contribution in [0.5, 0.6) is 0 Å². The first-order valence-electron chi connectivity index (χ1n) is 38.8. The van der Waals surface area contributed by atoms with Crippen LogP contribution in [0.15, 0.2) is 0 Å². The topological polar surface area (TPSA) is 237 Å². The summed E-state index contributed by atoms with van der Waals surface area (Å²) in [5.41, 5.74) is 0. The molecule has 0 amide bonds. The molecule has 19 heteroatoms. The third-order valence-electron chi connectivity index (χ3n) is 18.4. The Balaban J connectivity index is 5.20. The van der Waals surface area contributed by atoms with E-state index in [2.05, 4.69) is 55.4 Å². The van der Waals surface area contributed by atoms with Crippen molar-refractivity contribution >= 4 is 39.5 Å². The first-order valence-corrected chi connectivity index (χ1v) is 41.8. The van der Waals surface area contributed by atoms with Crippen LogP contribution < -0.4 is 0 Å². The van der Waals surface area contributed by atoms with Crippen molar-refractivity contribution in [3.05, 3.63) is 0 Å². The maximum atomic E-state index is 13.0. The molecule has 0 aliphatic carbocycles. The Morgan fingerprint density at radius 3 is 0.755 bits per heavy atom. The molecule has 0 radical (unpaired) electrons. The van der Waals surface area contributed by atoms with E-state index in [0.717, 1.165) is 120 Å². The highest BCUT2D eigenvalue weighted by atomic mass is 31.2. The standard InChI is InChI=1S/C75H146O17P2/c1-9-66(6)52-44-36-28-24-20-16-12-13-17-21-25-29-39-47-55-72(77)85-61-71(92-75(80)58-50-42-34-32-38-46-54-68(8)11-3)64-90-94(83,84)88-60-69(76)59-87-93(81,82)89-63-70(62-86-73(78)56-48-40-33-31-37-45-53-67(7)10-2)91-74(79)57-49-41-30-26-22-18-14-15-19-23-27-35-43-51-65(4)5/h65-71,76H,9-64H2,1-8H3,(H,81,82)(H,83,84)/t66?,67?,68?,69-,70+,71+/m0/s1. The molecule has 3 N–H and O–H groups in total. The summed E-state index contributed by atoms with van der Waals surface area (Å²) >= 11 is 0. The van der Waals surface area contributed by atoms with Crippen LogP contribution in [0.4, 0.5) is 0 Å². The molecule has 5 unspecified atom stereocenters. The first kappa shape index (κ1) is 92.1. The highest BCUT2D eigenvalue weighted by molar-refractivity contribution is 7.47. The van der Waals surface area contributed by atoms with Crippen LogP contribution >= 0.6 is 15.6 Å². The third kappa shape index (κ3) is 64.7. The average molecular weight is 1380 g/mol. The summed E-state index contributed by atoms with van der Waals surface area (Å²) in [7, 11) is -9.91. The molecule has 0 heterocycles. The second-order valence-corrected chi connectivity index (χ2v) is 31.1. The monoisotopic (exact) mass is 1380 g/mol. The number of phosphoric acid groups is 2. The molecule has 0 aliphatic heterocycles. The number of aliphatic hydroxyl groups is 1. The van der Waals surface area contributed by atoms with Gasteiger partial charge in [-0.15, -0.1) is 0 Å². The Labute approximate surface area is 575 Å². The molecule has 0 aromatic rings. The lowest BCUT2D eigenvalue weighted by molar-refractivity contribution is -0.161. The van der Waals surface area contributed by atoms with Gasteiger partial charge in [0, 0.05) is 25.7 Å². The zero-order valence-corrected chi connectivity index (χ0v) is 63.4. The van der Waals surface area contributed by atoms with E-state index < -0.39 is 97.5 Å². The average Bonchev–Trinajstić information content (AvgIpc) is 3.07. The predicted octanol–water partition coefficient (Wildman–Crippen LogP) is 21.7. The maximum absolute atomic E-state index is 13.0. The number of carbonyl (C=O) groups excluding carboxylic acids is 4. The van der Waals surface area contributed by atoms with Crippen molar-refractivity contribution < 1.29 is 80.2 Å². The van der Waals surface area contributed by atoms with Gasteiger partial charge in [-0.25, -0.2) is 9.13 Å². The van der Waals surface area contributed by atoms with Crippen LogP contribution in [-0.4, -0.2) is 96.7 Å². The zero-order valence-electron chi connectivity index (χ0n) is 61.6. The van der Waals surface area contributed by atoms with Gasteiger partial charge in [-0.2, -0.15) is 0 Å². The minimum atomic E-state index is -4.96. The van der Waals surface area contributed by atoms with Gasteiger partial charge in [0.15, 0.2) is 12.2 Å². The maximum Gasteiger partial charge on any atom is 0.472 e. The number of unbranched alkanes of at least 4 members (excludes halogenated alkanes) is 35. The minimum Gasteiger partial charge on any atom is -0.462 e. The number of hydrogen-bond donors (Lipinski definition) is 3. The Hall–Kier alpha value is -1.94. The summed E-state index contributed by atoms with van der Waals surface area (Å²) in [6.45, 7) is 14.2. The number of esters is 4. The molecule has 0 saturated carbocycles. The van der Waals surface area contributed by atoms with Crippen LogP contribution in [0, 0.1) is 23.7 Å². The van der Waals surface area contributed by atoms with Crippen molar-refractivity contribution in [3.63, 3.8) is 0 Å². The molecule has 0 saturated heterocycles. The van der Waals surface area contributed by atoms with Gasteiger partial charge in [0.2, 0.25) is 0 Å². The third-order valence-corrected chi connectivity index (χ3v) is 20.3. The molecule has 558 valence electrons. The van der Waals surface area contributed by atoms with Crippen LogP contribution in [0.2, 0.25) is 0 Å². The lowest BCUT2D eigenvalue weighted by atomic mass is 9.99. The zero-order chi connectivity index (χ0) is 69.6. The van der Waals surface area contributed by atoms with Crippen molar-refractivity contribution in [3.8, 4) is 0 Å². The SMILES string of the molecule is CCC(C)CCCCCCCCCCCCCCCCC(=O)OC[C@H](COP(=O)(O)OC[C@@H](O)COP(=O)(O)OC[C@@H](COC(=O)CCCCCCCCC(C)CC)OC(=O)CCCCCCCCCCCCCCCC(C)C)OC(=O)CCCCCCCCC(C)CC. The summed E-state index contributed by atoms with van der Waals surface area (Å²) in [6.07, 6.45) is 48.6. The Morgan fingerprint density at radius 2 is 0.511 bits per heavy atom. The summed E-state index contributed by atoms with van der Waals surface area (Å²) in [5.74, 6) is 0.961. The molecule has 0 aromatic heterocycles. The van der Waals surface area contributed by atoms with E-state index in [0.29, 0.717) is 25.7 Å². The number of carbonyl (C=O) groups is 4. The van der Waals surface area contributed by atoms with Crippen molar-refractivity contribution in [1.82, 2.24) is 0 Å². The van der Waals surface area contributed by atoms with Crippen molar-refractivity contribution in [2.45, 2.75) is 395 Å². The van der Waals surface area contributed by atoms with E-state index in [9.17, 15) is 43.2 Å². The smallest absolute Gasteiger partial charge is 0.462 e. The molecule has 17 nitrogen and oxygen atoms in total. The number of rotatable bonds is 72. The molecular weight excluding hydrogens is 1230 g/mol. The Morgan fingerprint density at radius 1 is 0.298 bits per heavy atom. The van der Waals surface area contributed by atoms with Crippen molar-refractivity contribution in [2.24, 2.45) is 23.7 Å². The highest BCUT2D eigenvalue weighted by Crippen LogP contribution is 2.45. The van der Waals surface area contributed by atoms with Crippen molar-refractivity contribution in [2.75, 3.05) is 39.6 Å². The van der Waals surface area contributed by atoms with Crippen LogP contribution in [-0.2, 0) is 65.4 Å². The van der Waals surface area contributed by atoms with E-state index in [4.69, 9.17) is 37.0 Å². The molecule has 8 atom stereocenters. The second kappa shape index (κ2) is 64.4. The van der Waals surface area contributed by atoms with Crippen LogP contribution in [0.25, 0.3) is 0 Å². The van der Waals surface area contributed by atoms with Crippen LogP contribution in [0.3, 0.4) is 0 Å². The van der Waals surface area contributed by atoms with Crippen LogP contribution in [0.1, 0.15) is 376 Å². The van der Waals surface area contributed by atoms with E-state index in [1.165, 1.54) is 173 Å². The fourth-order valence-corrected chi connectivity index (χ4v) is 12.9. The fraction of sp³-hybridized carbons (Fsp3) is 0.947. The first-order chi connectivity index (χ1) is 45.2. The summed E-state index contributed by atoms with van der Waals surface area (Å²) in [6, 6.07) is 0. The van der Waals surface area contributed by atoms with Gasteiger partial charge in [0.25, 0.3) is 0 Å². The van der Waals surface area contributed by atoms with Gasteiger partial charge < -0.3 is 33.8 Å². The van der Waals surface area contributed by atoms with Gasteiger partial charge in [-0.3, -0.25) is 37.3 Å². The number of hydrogen-bond acceptors (Lipinski definition) is 15. The van der Waals surface area contributed by atoms with E-state index in [1.54, 1.807) is 0 Å². The van der Waals surface area contributed by atoms with Gasteiger partial charge >= 0.3 is 39.5 Å². The lowest BCUT2D eigenvalue weighted by Gasteiger charge is -2.21. The summed E-state index contributed by atoms with van der Waals surface area (Å²) < 4.78 is 68.4. The number of ether oxygens (including phenoxy) is 4. The Bertz CT molecular complexity index is 1860. The lowest BCUT2D eigenvalue weighted by Crippen LogP contribution is -2.30. The van der Waals surface area contributed by atoms with Gasteiger partial charge in [0.05, 0.1) is 26.4 Å². The molecule has 94 heavy (non-hydrogen) atoms. The molecule has 0 spiro atoms. The molecular formula is C75H146O17P2. The normalized spacial score (nSPS) is 15.0. The molecule has 0 fully saturated rings. The largest absolute Gasteiger partial charge is 0.472 e. The summed E-state index contributed by atoms with van der Waals surface area (Å²) in [4.78, 5) is 72.7. The Kier molecular flexibility index (Phi) is 63.1. The molecule has 0 bridgehead atoms. The highest BCUT2D eigenvalue weighted by Gasteiger charge is 2.30.